The van der Waals surface area contributed by atoms with Gasteiger partial charge in [0.1, 0.15) is 61.5 Å². The second kappa shape index (κ2) is 15.3. The predicted molar refractivity (Wildman–Crippen MR) is 179 cm³/mol. The lowest BCUT2D eigenvalue weighted by Gasteiger charge is -2.38. The first-order chi connectivity index (χ1) is 24.0. The van der Waals surface area contributed by atoms with E-state index < -0.39 is 67.6 Å². The minimum absolute atomic E-state index is 0.0293. The Hall–Kier alpha value is -3.61. The Morgan fingerprint density at radius 2 is 1.22 bits per heavy atom. The number of ether oxygens (including phenoxy) is 2. The molecule has 14 nitrogen and oxygen atoms in total. The van der Waals surface area contributed by atoms with Gasteiger partial charge in [-0.15, -0.1) is 0 Å². The Labute approximate surface area is 288 Å². The van der Waals surface area contributed by atoms with Gasteiger partial charge in [-0.1, -0.05) is 35.8 Å². The van der Waals surface area contributed by atoms with Gasteiger partial charge < -0.3 is 64.7 Å². The molecule has 1 amide bonds. The molecule has 0 spiro atoms. The summed E-state index contributed by atoms with van der Waals surface area (Å²) in [7, 11) is 2.01. The summed E-state index contributed by atoms with van der Waals surface area (Å²) in [5.41, 5.74) is 2.51. The number of amides is 1. The van der Waals surface area contributed by atoms with E-state index >= 15 is 0 Å². The maximum absolute atomic E-state index is 13.6. The average molecular weight is 694 g/mol. The highest BCUT2D eigenvalue weighted by Gasteiger charge is 2.43. The van der Waals surface area contributed by atoms with Crippen LogP contribution < -0.4 is 0 Å². The zero-order valence-corrected chi connectivity index (χ0v) is 27.5. The second-order valence-corrected chi connectivity index (χ2v) is 13.1. The lowest BCUT2D eigenvalue weighted by Crippen LogP contribution is -2.58. The number of aromatic nitrogens is 1. The van der Waals surface area contributed by atoms with Crippen LogP contribution in [-0.4, -0.2) is 169 Å². The van der Waals surface area contributed by atoms with Crippen LogP contribution in [-0.2, 0) is 20.8 Å². The summed E-state index contributed by atoms with van der Waals surface area (Å²) in [6.45, 7) is 1.90. The summed E-state index contributed by atoms with van der Waals surface area (Å²) < 4.78 is 13.1. The van der Waals surface area contributed by atoms with Crippen LogP contribution in [0.4, 0.5) is 0 Å². The third-order valence-electron chi connectivity index (χ3n) is 9.75. The Morgan fingerprint density at radius 3 is 1.72 bits per heavy atom. The highest BCUT2D eigenvalue weighted by Crippen LogP contribution is 2.31. The van der Waals surface area contributed by atoms with Crippen molar-refractivity contribution in [3.63, 3.8) is 0 Å². The fraction of sp³-hybridized carbons (Fsp3) is 0.528. The van der Waals surface area contributed by atoms with Crippen molar-refractivity contribution >= 4 is 27.7 Å². The van der Waals surface area contributed by atoms with Crippen molar-refractivity contribution in [2.75, 3.05) is 46.4 Å². The number of carbonyl (C=O) groups excluding carboxylic acids is 1. The van der Waals surface area contributed by atoms with Crippen LogP contribution >= 0.6 is 0 Å². The Kier molecular flexibility index (Phi) is 11.1. The molecule has 14 heteroatoms. The van der Waals surface area contributed by atoms with Crippen LogP contribution in [0.25, 0.3) is 21.8 Å². The molecule has 4 heterocycles. The van der Waals surface area contributed by atoms with Crippen molar-refractivity contribution in [3.8, 4) is 23.7 Å². The molecule has 50 heavy (non-hydrogen) atoms. The summed E-state index contributed by atoms with van der Waals surface area (Å²) in [5, 5.41) is 82.4. The van der Waals surface area contributed by atoms with Crippen LogP contribution in [0.1, 0.15) is 17.5 Å². The zero-order chi connectivity index (χ0) is 35.7. The molecule has 1 aromatic heterocycles. The smallest absolute Gasteiger partial charge is 0.242 e. The Balaban J connectivity index is 1.36. The van der Waals surface area contributed by atoms with Crippen molar-refractivity contribution in [1.82, 2.24) is 14.4 Å². The number of aliphatic hydroxyl groups excluding tert-OH is 8. The Morgan fingerprint density at radius 1 is 0.720 bits per heavy atom. The van der Waals surface area contributed by atoms with Crippen molar-refractivity contribution in [3.05, 3.63) is 47.5 Å². The number of aliphatic hydroxyl groups is 8. The van der Waals surface area contributed by atoms with E-state index in [9.17, 15) is 45.6 Å². The summed E-state index contributed by atoms with van der Waals surface area (Å²) in [6.07, 6.45) is -13.1. The van der Waals surface area contributed by atoms with Gasteiger partial charge in [0, 0.05) is 54.7 Å². The number of nitrogens with zero attached hydrogens (tertiary/aromatic N) is 3. The van der Waals surface area contributed by atoms with E-state index in [0.717, 1.165) is 23.9 Å². The van der Waals surface area contributed by atoms with Crippen LogP contribution in [0.15, 0.2) is 36.4 Å². The molecule has 3 aliphatic rings. The van der Waals surface area contributed by atoms with E-state index in [2.05, 4.69) is 28.6 Å². The number of piperazine rings is 1. The quantitative estimate of drug-likeness (QED) is 0.129. The van der Waals surface area contributed by atoms with Crippen molar-refractivity contribution in [2.45, 2.75) is 74.0 Å². The lowest BCUT2D eigenvalue weighted by molar-refractivity contribution is -0.214. The standard InChI is InChI=1S/C36H43N3O11/c1-37-11-13-38(14-12-37)30(42)18-39-24-16-20(4-8-26-31(43)35(47)33(45)28(49-26)10-15-40)2-6-22(24)23-7-3-21(17-25(23)39)5-9-27-32(44)36(48)34(46)29(19-41)50-27/h2-3,6-7,16-17,26-29,31-36,40-41,43-48H,10-15,18-19H2,1H3/t26-,27-,28-,29-,31-,32-,33-,34-,35-,36-/m1/s1. The molecule has 0 unspecified atom stereocenters. The number of benzene rings is 2. The Bertz CT molecular complexity index is 1820. The third kappa shape index (κ3) is 7.25. The van der Waals surface area contributed by atoms with Gasteiger partial charge >= 0.3 is 0 Å². The molecule has 10 atom stereocenters. The first-order valence-corrected chi connectivity index (χ1v) is 16.7. The van der Waals surface area contributed by atoms with Crippen molar-refractivity contribution in [2.24, 2.45) is 0 Å². The van der Waals surface area contributed by atoms with Gasteiger partial charge in [-0.25, -0.2) is 0 Å². The second-order valence-electron chi connectivity index (χ2n) is 13.1. The van der Waals surface area contributed by atoms with Gasteiger partial charge in [-0.05, 0) is 37.7 Å². The molecular weight excluding hydrogens is 650 g/mol. The fourth-order valence-corrected chi connectivity index (χ4v) is 6.68. The normalized spacial score (nSPS) is 32.0. The number of likely N-dealkylation sites (N-methyl/N-ethyl adjacent to an activating group) is 1. The van der Waals surface area contributed by atoms with Crippen molar-refractivity contribution in [1.29, 1.82) is 0 Å². The monoisotopic (exact) mass is 693 g/mol. The van der Waals surface area contributed by atoms with E-state index in [4.69, 9.17) is 9.47 Å². The lowest BCUT2D eigenvalue weighted by atomic mass is 9.93. The molecule has 3 saturated heterocycles. The van der Waals surface area contributed by atoms with Gasteiger partial charge in [0.15, 0.2) is 0 Å². The van der Waals surface area contributed by atoms with Crippen molar-refractivity contribution < 1.29 is 55.1 Å². The highest BCUT2D eigenvalue weighted by atomic mass is 16.5. The van der Waals surface area contributed by atoms with Crippen LogP contribution in [0.3, 0.4) is 0 Å². The fourth-order valence-electron chi connectivity index (χ4n) is 6.68. The number of hydrogen-bond acceptors (Lipinski definition) is 12. The molecule has 3 aliphatic heterocycles. The molecule has 8 N–H and O–H groups in total. The van der Waals surface area contributed by atoms with E-state index in [1.165, 1.54) is 0 Å². The maximum atomic E-state index is 13.6. The minimum Gasteiger partial charge on any atom is -0.396 e. The maximum Gasteiger partial charge on any atom is 0.242 e. The highest BCUT2D eigenvalue weighted by molar-refractivity contribution is 6.09. The molecule has 0 bridgehead atoms. The van der Waals surface area contributed by atoms with E-state index in [0.29, 0.717) is 35.2 Å². The third-order valence-corrected chi connectivity index (χ3v) is 9.75. The number of hydrogen-bond donors (Lipinski definition) is 8. The summed E-state index contributed by atoms with van der Waals surface area (Å²) in [4.78, 5) is 17.6. The van der Waals surface area contributed by atoms with Crippen LogP contribution in [0.5, 0.6) is 0 Å². The van der Waals surface area contributed by atoms with Gasteiger partial charge in [-0.3, -0.25) is 4.79 Å². The number of carbonyl (C=O) groups is 1. The first-order valence-electron chi connectivity index (χ1n) is 16.7. The molecule has 0 aliphatic carbocycles. The molecule has 0 saturated carbocycles. The van der Waals surface area contributed by atoms with Gasteiger partial charge in [0.25, 0.3) is 0 Å². The van der Waals surface area contributed by atoms with E-state index in [-0.39, 0.29) is 25.5 Å². The number of fused-ring (bicyclic) bond motifs is 3. The molecule has 268 valence electrons. The van der Waals surface area contributed by atoms with E-state index in [1.54, 1.807) is 12.1 Å². The predicted octanol–water partition coefficient (Wildman–Crippen LogP) is -2.65. The molecule has 0 radical (unpaired) electrons. The van der Waals surface area contributed by atoms with Crippen LogP contribution in [0, 0.1) is 23.7 Å². The largest absolute Gasteiger partial charge is 0.396 e. The zero-order valence-electron chi connectivity index (χ0n) is 27.5. The van der Waals surface area contributed by atoms with Crippen LogP contribution in [0.2, 0.25) is 0 Å². The van der Waals surface area contributed by atoms with Gasteiger partial charge in [0.2, 0.25) is 5.91 Å². The number of rotatable bonds is 5. The molecule has 3 aromatic rings. The molecule has 6 rings (SSSR count). The first kappa shape index (κ1) is 36.2. The molecule has 2 aromatic carbocycles. The molecular formula is C36H43N3O11. The SMILES string of the molecule is CN1CCN(C(=O)Cn2c3cc(C#C[C@H]4O[C@H](CO)[C@@H](O)[C@H](O)[C@@H]4O)ccc3c3ccc(C#C[C@H]4O[C@H](CCO)[C@@H](O)[C@H](O)[C@@H]4O)cc32)CC1. The summed E-state index contributed by atoms with van der Waals surface area (Å²) in [6, 6.07) is 11.0. The summed E-state index contributed by atoms with van der Waals surface area (Å²) >= 11 is 0. The minimum atomic E-state index is -1.55. The molecule has 3 fully saturated rings. The summed E-state index contributed by atoms with van der Waals surface area (Å²) in [5.74, 6) is 11.6. The van der Waals surface area contributed by atoms with Gasteiger partial charge in [0.05, 0.1) is 23.7 Å². The average Bonchev–Trinajstić information content (AvgIpc) is 3.41. The van der Waals surface area contributed by atoms with E-state index in [1.807, 2.05) is 40.8 Å². The van der Waals surface area contributed by atoms with Gasteiger partial charge in [-0.2, -0.15) is 0 Å². The topological polar surface area (TPSA) is 209 Å².